The summed E-state index contributed by atoms with van der Waals surface area (Å²) in [4.78, 5) is 36.9. The Morgan fingerprint density at radius 3 is 1.74 bits per heavy atom. The van der Waals surface area contributed by atoms with E-state index in [1.165, 1.54) is 0 Å². The first-order valence-electron chi connectivity index (χ1n) is 11.2. The van der Waals surface area contributed by atoms with Gasteiger partial charge in [-0.05, 0) is 91.6 Å². The van der Waals surface area contributed by atoms with Crippen molar-refractivity contribution < 1.29 is 28.6 Å². The lowest BCUT2D eigenvalue weighted by Crippen LogP contribution is -2.25. The van der Waals surface area contributed by atoms with Gasteiger partial charge in [-0.15, -0.1) is 0 Å². The summed E-state index contributed by atoms with van der Waals surface area (Å²) in [6.07, 6.45) is 1.11. The molecule has 0 aromatic heterocycles. The fourth-order valence-corrected chi connectivity index (χ4v) is 3.90. The van der Waals surface area contributed by atoms with Crippen molar-refractivity contribution in [3.05, 3.63) is 95.8 Å². The predicted octanol–water partition coefficient (Wildman–Crippen LogP) is 6.29. The van der Waals surface area contributed by atoms with E-state index < -0.39 is 17.4 Å². The molecule has 0 saturated heterocycles. The van der Waals surface area contributed by atoms with Crippen molar-refractivity contribution in [1.82, 2.24) is 0 Å². The van der Waals surface area contributed by atoms with E-state index in [2.05, 4.69) is 6.58 Å². The SMILES string of the molecule is C=COC(=O)c1ccc2c(c1)C(C)c1cc(C(=O)Oc3ccc(OC(=O)C(C)(C)C)cc3)ccc1-2. The summed E-state index contributed by atoms with van der Waals surface area (Å²) < 4.78 is 15.8. The van der Waals surface area contributed by atoms with Crippen LogP contribution in [0.15, 0.2) is 73.5 Å². The summed E-state index contributed by atoms with van der Waals surface area (Å²) in [5.74, 6) is -0.598. The topological polar surface area (TPSA) is 78.9 Å². The second-order valence-corrected chi connectivity index (χ2v) is 9.40. The fraction of sp³-hybridized carbons (Fsp3) is 0.207. The monoisotopic (exact) mass is 470 g/mol. The summed E-state index contributed by atoms with van der Waals surface area (Å²) in [5, 5.41) is 0. The first kappa shape index (κ1) is 24.0. The lowest BCUT2D eigenvalue weighted by Gasteiger charge is -2.16. The van der Waals surface area contributed by atoms with Gasteiger partial charge in [0.05, 0.1) is 22.8 Å². The number of benzene rings is 3. The second kappa shape index (κ2) is 9.22. The highest BCUT2D eigenvalue weighted by molar-refractivity contribution is 5.95. The second-order valence-electron chi connectivity index (χ2n) is 9.40. The summed E-state index contributed by atoms with van der Waals surface area (Å²) >= 11 is 0. The highest BCUT2D eigenvalue weighted by Crippen LogP contribution is 2.45. The van der Waals surface area contributed by atoms with Gasteiger partial charge >= 0.3 is 17.9 Å². The van der Waals surface area contributed by atoms with Gasteiger partial charge in [-0.25, -0.2) is 9.59 Å². The Hall–Kier alpha value is -4.19. The van der Waals surface area contributed by atoms with E-state index in [1.54, 1.807) is 57.2 Å². The molecule has 0 N–H and O–H groups in total. The zero-order valence-electron chi connectivity index (χ0n) is 20.1. The summed E-state index contributed by atoms with van der Waals surface area (Å²) in [5.41, 5.74) is 4.24. The number of hydrogen-bond acceptors (Lipinski definition) is 6. The number of carbonyl (C=O) groups is 3. The maximum absolute atomic E-state index is 12.8. The minimum atomic E-state index is -0.619. The molecule has 0 heterocycles. The summed E-state index contributed by atoms with van der Waals surface area (Å²) in [6.45, 7) is 10.8. The third-order valence-corrected chi connectivity index (χ3v) is 5.85. The Morgan fingerprint density at radius 1 is 0.771 bits per heavy atom. The number of fused-ring (bicyclic) bond motifs is 3. The van der Waals surface area contributed by atoms with Crippen LogP contribution in [0.3, 0.4) is 0 Å². The first-order valence-corrected chi connectivity index (χ1v) is 11.2. The molecule has 0 fully saturated rings. The number of carbonyl (C=O) groups excluding carboxylic acids is 3. The number of esters is 3. The lowest BCUT2D eigenvalue weighted by atomic mass is 9.97. The van der Waals surface area contributed by atoms with Crippen molar-refractivity contribution in [2.45, 2.75) is 33.6 Å². The molecule has 3 aromatic carbocycles. The zero-order chi connectivity index (χ0) is 25.3. The highest BCUT2D eigenvalue weighted by atomic mass is 16.5. The van der Waals surface area contributed by atoms with Gasteiger partial charge in [0.15, 0.2) is 0 Å². The van der Waals surface area contributed by atoms with Crippen LogP contribution >= 0.6 is 0 Å². The standard InChI is InChI=1S/C29H26O6/c1-6-33-26(30)18-7-13-22-23-14-8-19(16-25(23)17(2)24(22)15-18)27(31)34-20-9-11-21(12-10-20)35-28(32)29(3,4)5/h6-17H,1H2,2-5H3. The smallest absolute Gasteiger partial charge is 0.343 e. The Labute approximate surface area is 204 Å². The number of hydrogen-bond donors (Lipinski definition) is 0. The van der Waals surface area contributed by atoms with Crippen molar-refractivity contribution in [2.75, 3.05) is 0 Å². The van der Waals surface area contributed by atoms with Crippen molar-refractivity contribution in [3.8, 4) is 22.6 Å². The summed E-state index contributed by atoms with van der Waals surface area (Å²) in [6, 6.07) is 17.2. The van der Waals surface area contributed by atoms with E-state index in [0.717, 1.165) is 28.5 Å². The minimum absolute atomic E-state index is 0.0129. The average Bonchev–Trinajstić information content (AvgIpc) is 3.10. The molecular weight excluding hydrogens is 444 g/mol. The van der Waals surface area contributed by atoms with E-state index in [1.807, 2.05) is 31.2 Å². The van der Waals surface area contributed by atoms with E-state index >= 15 is 0 Å². The van der Waals surface area contributed by atoms with Gasteiger partial charge in [-0.2, -0.15) is 0 Å². The molecule has 1 unspecified atom stereocenters. The van der Waals surface area contributed by atoms with Gasteiger partial charge in [-0.1, -0.05) is 25.6 Å². The molecule has 6 nitrogen and oxygen atoms in total. The highest BCUT2D eigenvalue weighted by Gasteiger charge is 2.28. The molecule has 0 radical (unpaired) electrons. The van der Waals surface area contributed by atoms with Crippen LogP contribution in [0.4, 0.5) is 0 Å². The Balaban J connectivity index is 1.50. The van der Waals surface area contributed by atoms with E-state index in [0.29, 0.717) is 22.6 Å². The van der Waals surface area contributed by atoms with Crippen molar-refractivity contribution in [2.24, 2.45) is 5.41 Å². The Bertz CT molecular complexity index is 1330. The number of rotatable bonds is 5. The summed E-state index contributed by atoms with van der Waals surface area (Å²) in [7, 11) is 0. The Kier molecular flexibility index (Phi) is 6.31. The molecule has 1 aliphatic rings. The third-order valence-electron chi connectivity index (χ3n) is 5.85. The molecule has 4 rings (SSSR count). The maximum Gasteiger partial charge on any atom is 0.343 e. The van der Waals surface area contributed by atoms with Crippen LogP contribution in [0.1, 0.15) is 65.5 Å². The number of ether oxygens (including phenoxy) is 3. The molecule has 35 heavy (non-hydrogen) atoms. The molecule has 0 saturated carbocycles. The van der Waals surface area contributed by atoms with Gasteiger partial charge in [0.1, 0.15) is 11.5 Å². The van der Waals surface area contributed by atoms with Gasteiger partial charge in [0, 0.05) is 5.92 Å². The van der Waals surface area contributed by atoms with Crippen LogP contribution < -0.4 is 9.47 Å². The van der Waals surface area contributed by atoms with Crippen LogP contribution in [-0.4, -0.2) is 17.9 Å². The molecule has 178 valence electrons. The average molecular weight is 471 g/mol. The molecule has 0 aliphatic heterocycles. The zero-order valence-corrected chi connectivity index (χ0v) is 20.1. The van der Waals surface area contributed by atoms with Gasteiger partial charge in [0.2, 0.25) is 0 Å². The normalized spacial score (nSPS) is 13.9. The van der Waals surface area contributed by atoms with Crippen LogP contribution in [0.25, 0.3) is 11.1 Å². The molecule has 1 aliphatic carbocycles. The van der Waals surface area contributed by atoms with E-state index in [9.17, 15) is 14.4 Å². The molecule has 3 aromatic rings. The first-order chi connectivity index (χ1) is 16.6. The van der Waals surface area contributed by atoms with Gasteiger partial charge in [0.25, 0.3) is 0 Å². The quantitative estimate of drug-likeness (QED) is 0.248. The largest absolute Gasteiger partial charge is 0.432 e. The predicted molar refractivity (Wildman–Crippen MR) is 131 cm³/mol. The van der Waals surface area contributed by atoms with Crippen LogP contribution in [0, 0.1) is 5.41 Å². The maximum atomic E-state index is 12.8. The molecule has 6 heteroatoms. The molecule has 0 amide bonds. The van der Waals surface area contributed by atoms with Crippen LogP contribution in [0.2, 0.25) is 0 Å². The molecular formula is C29H26O6. The molecule has 1 atom stereocenters. The van der Waals surface area contributed by atoms with Crippen molar-refractivity contribution >= 4 is 17.9 Å². The lowest BCUT2D eigenvalue weighted by molar-refractivity contribution is -0.143. The van der Waals surface area contributed by atoms with Crippen LogP contribution in [0.5, 0.6) is 11.5 Å². The van der Waals surface area contributed by atoms with Crippen LogP contribution in [-0.2, 0) is 9.53 Å². The Morgan fingerprint density at radius 2 is 1.26 bits per heavy atom. The fourth-order valence-electron chi connectivity index (χ4n) is 3.90. The molecule has 0 bridgehead atoms. The van der Waals surface area contributed by atoms with E-state index in [-0.39, 0.29) is 11.9 Å². The van der Waals surface area contributed by atoms with Gasteiger partial charge < -0.3 is 14.2 Å². The van der Waals surface area contributed by atoms with Crippen molar-refractivity contribution in [1.29, 1.82) is 0 Å². The van der Waals surface area contributed by atoms with Gasteiger partial charge in [-0.3, -0.25) is 4.79 Å². The minimum Gasteiger partial charge on any atom is -0.432 e. The van der Waals surface area contributed by atoms with Crippen molar-refractivity contribution in [3.63, 3.8) is 0 Å². The molecule has 0 spiro atoms. The third kappa shape index (κ3) is 4.87. The van der Waals surface area contributed by atoms with E-state index in [4.69, 9.17) is 14.2 Å².